The number of amides is 1. The Bertz CT molecular complexity index is 1060. The lowest BCUT2D eigenvalue weighted by molar-refractivity contribution is -0.125. The lowest BCUT2D eigenvalue weighted by Crippen LogP contribution is -2.52. The maximum absolute atomic E-state index is 14.8. The number of halogens is 6. The van der Waals surface area contributed by atoms with E-state index in [9.17, 15) is 35.9 Å². The van der Waals surface area contributed by atoms with Gasteiger partial charge in [-0.3, -0.25) is 19.1 Å². The Balaban J connectivity index is 1.85. The van der Waals surface area contributed by atoms with E-state index in [1.165, 1.54) is 24.8 Å². The number of anilines is 1. The van der Waals surface area contributed by atoms with Crippen molar-refractivity contribution in [2.45, 2.75) is 50.9 Å². The molecule has 2 unspecified atom stereocenters. The second kappa shape index (κ2) is 9.54. The first-order valence-electron chi connectivity index (χ1n) is 10.1. The number of rotatable bonds is 6. The summed E-state index contributed by atoms with van der Waals surface area (Å²) in [6.45, 7) is 2.23. The Morgan fingerprint density at radius 1 is 1.27 bits per heavy atom. The molecule has 0 radical (unpaired) electrons. The number of hydrogen-bond donors (Lipinski definition) is 1. The number of aromatic nitrogens is 2. The molecule has 3 rings (SSSR count). The zero-order valence-electron chi connectivity index (χ0n) is 17.7. The van der Waals surface area contributed by atoms with Gasteiger partial charge in [0, 0.05) is 31.3 Å². The Morgan fingerprint density at radius 3 is 2.58 bits per heavy atom. The number of pyridine rings is 2. The van der Waals surface area contributed by atoms with E-state index in [-0.39, 0.29) is 34.6 Å². The van der Waals surface area contributed by atoms with Crippen LogP contribution in [0.4, 0.5) is 32.2 Å². The highest BCUT2D eigenvalue weighted by Crippen LogP contribution is 2.41. The number of aryl methyl sites for hydroxylation is 1. The van der Waals surface area contributed by atoms with Gasteiger partial charge in [0.2, 0.25) is 12.2 Å². The number of carbonyl (C=O) groups is 1. The standard InChI is InChI=1S/C21H22F6N4O2/c1-11-7-13(9-31(20(11)33)18(25)17(23)24)15-10-30(6-5-21(15,26)27)12(2)19(32)29-16-4-3-14(22)8-28-16/h3-4,7-9,12,15,17-18H,5-6,10H2,1-2H3,(H,28,29,32)/t12-,15?,18?/m0/s1. The van der Waals surface area contributed by atoms with Gasteiger partial charge in [-0.05, 0) is 37.6 Å². The molecule has 0 aliphatic carbocycles. The van der Waals surface area contributed by atoms with Gasteiger partial charge in [-0.2, -0.15) is 0 Å². The minimum absolute atomic E-state index is 0.0795. The van der Waals surface area contributed by atoms with Crippen LogP contribution in [-0.4, -0.2) is 51.8 Å². The molecule has 3 atom stereocenters. The van der Waals surface area contributed by atoms with Crippen molar-refractivity contribution >= 4 is 11.7 Å². The van der Waals surface area contributed by atoms with Crippen LogP contribution in [0.1, 0.15) is 36.7 Å². The average Bonchev–Trinajstić information content (AvgIpc) is 2.76. The van der Waals surface area contributed by atoms with E-state index in [0.29, 0.717) is 6.20 Å². The summed E-state index contributed by atoms with van der Waals surface area (Å²) in [4.78, 5) is 29.8. The number of alkyl halides is 5. The average molecular weight is 476 g/mol. The van der Waals surface area contributed by atoms with Gasteiger partial charge < -0.3 is 5.32 Å². The molecule has 33 heavy (non-hydrogen) atoms. The molecule has 2 aromatic rings. The fourth-order valence-electron chi connectivity index (χ4n) is 3.74. The minimum Gasteiger partial charge on any atom is -0.309 e. The predicted octanol–water partition coefficient (Wildman–Crippen LogP) is 3.88. The molecule has 0 saturated carbocycles. The number of nitrogens with zero attached hydrogens (tertiary/aromatic N) is 3. The van der Waals surface area contributed by atoms with Crippen molar-refractivity contribution < 1.29 is 31.1 Å². The highest BCUT2D eigenvalue weighted by atomic mass is 19.3. The van der Waals surface area contributed by atoms with E-state index >= 15 is 0 Å². The van der Waals surface area contributed by atoms with Crippen LogP contribution in [0.25, 0.3) is 0 Å². The Labute approximate surface area is 185 Å². The number of nitrogens with one attached hydrogen (secondary N) is 1. The van der Waals surface area contributed by atoms with Crippen LogP contribution < -0.4 is 10.9 Å². The van der Waals surface area contributed by atoms with Crippen molar-refractivity contribution in [3.63, 3.8) is 0 Å². The summed E-state index contributed by atoms with van der Waals surface area (Å²) in [7, 11) is 0. The van der Waals surface area contributed by atoms with Crippen molar-refractivity contribution in [1.29, 1.82) is 0 Å². The molecule has 1 aliphatic rings. The minimum atomic E-state index is -3.51. The van der Waals surface area contributed by atoms with Gasteiger partial charge in [-0.25, -0.2) is 31.3 Å². The summed E-state index contributed by atoms with van der Waals surface area (Å²) >= 11 is 0. The SMILES string of the molecule is Cc1cc(C2CN([C@@H](C)C(=O)Nc3ccc(F)cn3)CCC2(F)F)cn(C(F)C(F)F)c1=O. The number of hydrogen-bond acceptors (Lipinski definition) is 4. The van der Waals surface area contributed by atoms with E-state index in [2.05, 4.69) is 10.3 Å². The van der Waals surface area contributed by atoms with Crippen LogP contribution in [0.3, 0.4) is 0 Å². The van der Waals surface area contributed by atoms with Crippen molar-refractivity contribution in [3.05, 3.63) is 57.9 Å². The first kappa shape index (κ1) is 24.7. The fourth-order valence-corrected chi connectivity index (χ4v) is 3.74. The van der Waals surface area contributed by atoms with Crippen molar-refractivity contribution in [1.82, 2.24) is 14.5 Å². The molecule has 1 fully saturated rings. The van der Waals surface area contributed by atoms with Gasteiger partial charge in [0.25, 0.3) is 17.9 Å². The lowest BCUT2D eigenvalue weighted by Gasteiger charge is -2.41. The Hall–Kier alpha value is -2.89. The van der Waals surface area contributed by atoms with Gasteiger partial charge in [0.1, 0.15) is 11.6 Å². The van der Waals surface area contributed by atoms with E-state index in [4.69, 9.17) is 0 Å². The second-order valence-electron chi connectivity index (χ2n) is 7.96. The molecule has 0 aromatic carbocycles. The zero-order chi connectivity index (χ0) is 24.5. The first-order valence-corrected chi connectivity index (χ1v) is 10.1. The highest BCUT2D eigenvalue weighted by molar-refractivity contribution is 5.93. The van der Waals surface area contributed by atoms with Crippen LogP contribution in [-0.2, 0) is 4.79 Å². The molecule has 1 saturated heterocycles. The third-order valence-electron chi connectivity index (χ3n) is 5.68. The first-order chi connectivity index (χ1) is 15.4. The molecule has 2 aromatic heterocycles. The van der Waals surface area contributed by atoms with Crippen molar-refractivity contribution in [2.75, 3.05) is 18.4 Å². The Morgan fingerprint density at radius 2 is 1.97 bits per heavy atom. The number of likely N-dealkylation sites (tertiary alicyclic amines) is 1. The largest absolute Gasteiger partial charge is 0.309 e. The summed E-state index contributed by atoms with van der Waals surface area (Å²) in [6, 6.07) is 2.58. The van der Waals surface area contributed by atoms with Gasteiger partial charge in [0.05, 0.1) is 18.2 Å². The van der Waals surface area contributed by atoms with Crippen LogP contribution >= 0.6 is 0 Å². The molecule has 0 spiro atoms. The zero-order valence-corrected chi connectivity index (χ0v) is 17.7. The summed E-state index contributed by atoms with van der Waals surface area (Å²) in [5, 5.41) is 2.47. The maximum atomic E-state index is 14.8. The van der Waals surface area contributed by atoms with Crippen LogP contribution in [0, 0.1) is 12.7 Å². The predicted molar refractivity (Wildman–Crippen MR) is 108 cm³/mol. The highest BCUT2D eigenvalue weighted by Gasteiger charge is 2.47. The molecule has 3 heterocycles. The normalized spacial score (nSPS) is 20.5. The molecule has 12 heteroatoms. The second-order valence-corrected chi connectivity index (χ2v) is 7.96. The monoisotopic (exact) mass is 476 g/mol. The summed E-state index contributed by atoms with van der Waals surface area (Å²) in [5.74, 6) is -5.94. The smallest absolute Gasteiger partial charge is 0.288 e. The lowest BCUT2D eigenvalue weighted by atomic mass is 9.86. The summed E-state index contributed by atoms with van der Waals surface area (Å²) in [6.07, 6.45) is -5.52. The quantitative estimate of drug-likeness (QED) is 0.643. The molecule has 1 amide bonds. The van der Waals surface area contributed by atoms with E-state index in [1.807, 2.05) is 0 Å². The summed E-state index contributed by atoms with van der Waals surface area (Å²) < 4.78 is 82.3. The van der Waals surface area contributed by atoms with Crippen LogP contribution in [0.5, 0.6) is 0 Å². The van der Waals surface area contributed by atoms with E-state index in [0.717, 1.165) is 18.3 Å². The summed E-state index contributed by atoms with van der Waals surface area (Å²) in [5.41, 5.74) is -1.38. The van der Waals surface area contributed by atoms with E-state index < -0.39 is 54.3 Å². The fraction of sp³-hybridized carbons (Fsp3) is 0.476. The maximum Gasteiger partial charge on any atom is 0.288 e. The Kier molecular flexibility index (Phi) is 7.15. The molecule has 1 N–H and O–H groups in total. The topological polar surface area (TPSA) is 67.2 Å². The van der Waals surface area contributed by atoms with Gasteiger partial charge in [-0.15, -0.1) is 0 Å². The van der Waals surface area contributed by atoms with Gasteiger partial charge in [0.15, 0.2) is 0 Å². The third-order valence-corrected chi connectivity index (χ3v) is 5.68. The molecule has 180 valence electrons. The van der Waals surface area contributed by atoms with Crippen LogP contribution in [0.15, 0.2) is 35.4 Å². The molecule has 0 bridgehead atoms. The molecular weight excluding hydrogens is 454 g/mol. The third kappa shape index (κ3) is 5.37. The molecule has 6 nitrogen and oxygen atoms in total. The van der Waals surface area contributed by atoms with E-state index in [1.54, 1.807) is 0 Å². The van der Waals surface area contributed by atoms with Gasteiger partial charge >= 0.3 is 0 Å². The molecule has 1 aliphatic heterocycles. The molecular formula is C21H22F6N4O2. The van der Waals surface area contributed by atoms with Crippen molar-refractivity contribution in [2.24, 2.45) is 0 Å². The van der Waals surface area contributed by atoms with Gasteiger partial charge in [-0.1, -0.05) is 0 Å². The number of piperidine rings is 1. The van der Waals surface area contributed by atoms with Crippen molar-refractivity contribution in [3.8, 4) is 0 Å². The van der Waals surface area contributed by atoms with Crippen LogP contribution in [0.2, 0.25) is 0 Å². The number of carbonyl (C=O) groups excluding carboxylic acids is 1.